The molecule has 1 aliphatic heterocycles. The molecular formula is C7H11N3OS. The minimum atomic E-state index is 0.715. The normalized spacial score (nSPS) is 17.8. The maximum Gasteiger partial charge on any atom is 0.190 e. The van der Waals surface area contributed by atoms with Crippen LogP contribution in [-0.2, 0) is 11.8 Å². The molecule has 0 radical (unpaired) electrons. The van der Waals surface area contributed by atoms with E-state index in [4.69, 9.17) is 4.74 Å². The molecule has 12 heavy (non-hydrogen) atoms. The topological polar surface area (TPSA) is 39.9 Å². The van der Waals surface area contributed by atoms with Crippen molar-refractivity contribution in [2.45, 2.75) is 5.16 Å². The lowest BCUT2D eigenvalue weighted by Crippen LogP contribution is -2.29. The number of rotatable bonds is 3. The van der Waals surface area contributed by atoms with E-state index in [1.807, 2.05) is 11.6 Å². The minimum Gasteiger partial charge on any atom is -0.381 e. The molecule has 5 heteroatoms. The van der Waals surface area contributed by atoms with Gasteiger partial charge in [0.05, 0.1) is 13.2 Å². The average molecular weight is 185 g/mol. The number of hydrogen-bond acceptors (Lipinski definition) is 4. The van der Waals surface area contributed by atoms with Crippen LogP contribution in [0.3, 0.4) is 0 Å². The molecule has 1 saturated heterocycles. The highest BCUT2D eigenvalue weighted by Crippen LogP contribution is 2.21. The van der Waals surface area contributed by atoms with Gasteiger partial charge in [-0.2, -0.15) is 0 Å². The summed E-state index contributed by atoms with van der Waals surface area (Å²) in [7, 11) is 1.96. The number of thioether (sulfide) groups is 1. The van der Waals surface area contributed by atoms with E-state index >= 15 is 0 Å². The van der Waals surface area contributed by atoms with Crippen LogP contribution < -0.4 is 0 Å². The van der Waals surface area contributed by atoms with E-state index in [9.17, 15) is 0 Å². The predicted octanol–water partition coefficient (Wildman–Crippen LogP) is 0.554. The van der Waals surface area contributed by atoms with Gasteiger partial charge in [-0.25, -0.2) is 0 Å². The van der Waals surface area contributed by atoms with Crippen LogP contribution in [0.15, 0.2) is 11.5 Å². The summed E-state index contributed by atoms with van der Waals surface area (Å²) in [6.07, 6.45) is 1.72. The van der Waals surface area contributed by atoms with Crippen molar-refractivity contribution >= 4 is 11.8 Å². The van der Waals surface area contributed by atoms with Crippen LogP contribution in [0, 0.1) is 5.92 Å². The van der Waals surface area contributed by atoms with Crippen molar-refractivity contribution in [1.82, 2.24) is 14.8 Å². The Kier molecular flexibility index (Phi) is 2.32. The molecule has 1 aliphatic rings. The van der Waals surface area contributed by atoms with Crippen molar-refractivity contribution in [1.29, 1.82) is 0 Å². The van der Waals surface area contributed by atoms with Crippen molar-refractivity contribution in [3.63, 3.8) is 0 Å². The number of aryl methyl sites for hydroxylation is 1. The van der Waals surface area contributed by atoms with Gasteiger partial charge in [0.1, 0.15) is 6.33 Å². The third-order valence-electron chi connectivity index (χ3n) is 1.83. The fourth-order valence-electron chi connectivity index (χ4n) is 0.976. The van der Waals surface area contributed by atoms with Crippen molar-refractivity contribution < 1.29 is 4.74 Å². The van der Waals surface area contributed by atoms with Gasteiger partial charge in [-0.3, -0.25) is 0 Å². The van der Waals surface area contributed by atoms with Gasteiger partial charge in [0, 0.05) is 18.7 Å². The minimum absolute atomic E-state index is 0.715. The Hall–Kier alpha value is -0.550. The standard InChI is InChI=1S/C7H11N3OS/c1-10-5-8-9-7(10)12-4-6-2-11-3-6/h5-6H,2-4H2,1H3. The first-order chi connectivity index (χ1) is 5.86. The summed E-state index contributed by atoms with van der Waals surface area (Å²) in [5.74, 6) is 1.80. The fourth-order valence-corrected chi connectivity index (χ4v) is 1.91. The maximum atomic E-state index is 5.08. The Labute approximate surface area is 75.3 Å². The van der Waals surface area contributed by atoms with E-state index in [1.54, 1.807) is 18.1 Å². The lowest BCUT2D eigenvalue weighted by Gasteiger charge is -2.24. The lowest BCUT2D eigenvalue weighted by molar-refractivity contribution is -0.0196. The SMILES string of the molecule is Cn1cnnc1SCC1COC1. The molecule has 0 amide bonds. The fraction of sp³-hybridized carbons (Fsp3) is 0.714. The highest BCUT2D eigenvalue weighted by atomic mass is 32.2. The van der Waals surface area contributed by atoms with E-state index in [1.165, 1.54) is 0 Å². The second kappa shape index (κ2) is 3.45. The van der Waals surface area contributed by atoms with Crippen molar-refractivity contribution in [2.75, 3.05) is 19.0 Å². The van der Waals surface area contributed by atoms with Crippen molar-refractivity contribution in [3.05, 3.63) is 6.33 Å². The summed E-state index contributed by atoms with van der Waals surface area (Å²) in [6, 6.07) is 0. The highest BCUT2D eigenvalue weighted by molar-refractivity contribution is 7.99. The molecule has 1 aromatic heterocycles. The van der Waals surface area contributed by atoms with Crippen LogP contribution in [0.2, 0.25) is 0 Å². The van der Waals surface area contributed by atoms with Crippen LogP contribution in [-0.4, -0.2) is 33.7 Å². The molecule has 0 N–H and O–H groups in total. The monoisotopic (exact) mass is 185 g/mol. The molecule has 4 nitrogen and oxygen atoms in total. The van der Waals surface area contributed by atoms with Crippen LogP contribution >= 0.6 is 11.8 Å². The molecule has 0 unspecified atom stereocenters. The molecule has 2 rings (SSSR count). The van der Waals surface area contributed by atoms with Gasteiger partial charge >= 0.3 is 0 Å². The van der Waals surface area contributed by atoms with Crippen LogP contribution in [0.1, 0.15) is 0 Å². The number of ether oxygens (including phenoxy) is 1. The second-order valence-corrected chi connectivity index (χ2v) is 3.93. The maximum absolute atomic E-state index is 5.08. The molecule has 0 bridgehead atoms. The molecule has 0 saturated carbocycles. The van der Waals surface area contributed by atoms with E-state index in [2.05, 4.69) is 10.2 Å². The zero-order valence-electron chi connectivity index (χ0n) is 6.93. The molecule has 1 fully saturated rings. The number of hydrogen-bond donors (Lipinski definition) is 0. The molecule has 2 heterocycles. The first-order valence-electron chi connectivity index (χ1n) is 3.91. The van der Waals surface area contributed by atoms with E-state index < -0.39 is 0 Å². The van der Waals surface area contributed by atoms with Crippen molar-refractivity contribution in [3.8, 4) is 0 Å². The number of aromatic nitrogens is 3. The van der Waals surface area contributed by atoms with Crippen LogP contribution in [0.25, 0.3) is 0 Å². The molecule has 0 spiro atoms. The van der Waals surface area contributed by atoms with Gasteiger partial charge in [0.15, 0.2) is 5.16 Å². The summed E-state index contributed by atoms with van der Waals surface area (Å²) in [6.45, 7) is 1.82. The lowest BCUT2D eigenvalue weighted by atomic mass is 10.1. The Bertz CT molecular complexity index is 259. The first kappa shape index (κ1) is 8.07. The van der Waals surface area contributed by atoms with E-state index in [0.717, 1.165) is 24.1 Å². The van der Waals surface area contributed by atoms with E-state index in [-0.39, 0.29) is 0 Å². The summed E-state index contributed by atoms with van der Waals surface area (Å²) >= 11 is 1.75. The first-order valence-corrected chi connectivity index (χ1v) is 4.89. The second-order valence-electron chi connectivity index (χ2n) is 2.94. The summed E-state index contributed by atoms with van der Waals surface area (Å²) < 4.78 is 7.01. The van der Waals surface area contributed by atoms with Gasteiger partial charge in [-0.1, -0.05) is 11.8 Å². The molecular weight excluding hydrogens is 174 g/mol. The zero-order chi connectivity index (χ0) is 8.39. The molecule has 0 atom stereocenters. The van der Waals surface area contributed by atoms with Gasteiger partial charge in [0.2, 0.25) is 0 Å². The quantitative estimate of drug-likeness (QED) is 0.645. The highest BCUT2D eigenvalue weighted by Gasteiger charge is 2.19. The largest absolute Gasteiger partial charge is 0.381 e. The molecule has 0 aliphatic carbocycles. The Morgan fingerprint density at radius 2 is 2.58 bits per heavy atom. The number of nitrogens with zero attached hydrogens (tertiary/aromatic N) is 3. The van der Waals surface area contributed by atoms with Crippen LogP contribution in [0.5, 0.6) is 0 Å². The van der Waals surface area contributed by atoms with Gasteiger partial charge in [-0.05, 0) is 0 Å². The third kappa shape index (κ3) is 1.61. The summed E-state index contributed by atoms with van der Waals surface area (Å²) in [4.78, 5) is 0. The van der Waals surface area contributed by atoms with Crippen LogP contribution in [0.4, 0.5) is 0 Å². The van der Waals surface area contributed by atoms with Crippen molar-refractivity contribution in [2.24, 2.45) is 13.0 Å². The summed E-state index contributed by atoms with van der Waals surface area (Å²) in [5.41, 5.74) is 0. The molecule has 66 valence electrons. The van der Waals surface area contributed by atoms with E-state index in [0.29, 0.717) is 5.92 Å². The summed E-state index contributed by atoms with van der Waals surface area (Å²) in [5, 5.41) is 8.77. The van der Waals surface area contributed by atoms with Gasteiger partial charge in [-0.15, -0.1) is 10.2 Å². The average Bonchev–Trinajstić information content (AvgIpc) is 2.33. The molecule has 0 aromatic carbocycles. The molecule has 1 aromatic rings. The Morgan fingerprint density at radius 1 is 1.75 bits per heavy atom. The zero-order valence-corrected chi connectivity index (χ0v) is 7.75. The predicted molar refractivity (Wildman–Crippen MR) is 46.0 cm³/mol. The Morgan fingerprint density at radius 3 is 3.08 bits per heavy atom. The third-order valence-corrected chi connectivity index (χ3v) is 3.09. The van der Waals surface area contributed by atoms with Gasteiger partial charge in [0.25, 0.3) is 0 Å². The Balaban J connectivity index is 1.82. The van der Waals surface area contributed by atoms with Gasteiger partial charge < -0.3 is 9.30 Å². The smallest absolute Gasteiger partial charge is 0.190 e.